The SMILES string of the molecule is CC=CC1=C(C(=O)O)N2C(=O)C(N)[C@@H]2SC1. The van der Waals surface area contributed by atoms with Crippen molar-refractivity contribution in [2.45, 2.75) is 18.3 Å². The van der Waals surface area contributed by atoms with Crippen LogP contribution in [-0.2, 0) is 9.59 Å². The molecule has 2 rings (SSSR count). The number of carbonyl (C=O) groups is 2. The average molecular weight is 240 g/mol. The fraction of sp³-hybridized carbons (Fsp3) is 0.400. The molecular formula is C10H12N2O3S. The lowest BCUT2D eigenvalue weighted by molar-refractivity contribution is -0.147. The van der Waals surface area contributed by atoms with Crippen LogP contribution in [0.3, 0.4) is 0 Å². The Balaban J connectivity index is 2.41. The van der Waals surface area contributed by atoms with Gasteiger partial charge in [-0.2, -0.15) is 0 Å². The van der Waals surface area contributed by atoms with Crippen molar-refractivity contribution in [3.63, 3.8) is 0 Å². The molecule has 86 valence electrons. The molecule has 1 saturated heterocycles. The Labute approximate surface area is 97.0 Å². The largest absolute Gasteiger partial charge is 0.477 e. The van der Waals surface area contributed by atoms with Crippen LogP contribution >= 0.6 is 11.8 Å². The van der Waals surface area contributed by atoms with Crippen molar-refractivity contribution in [2.75, 3.05) is 5.75 Å². The maximum atomic E-state index is 11.5. The summed E-state index contributed by atoms with van der Waals surface area (Å²) in [6.07, 6.45) is 3.49. The Morgan fingerprint density at radius 2 is 2.38 bits per heavy atom. The highest BCUT2D eigenvalue weighted by Crippen LogP contribution is 2.39. The van der Waals surface area contributed by atoms with Gasteiger partial charge in [0.05, 0.1) is 0 Å². The number of allylic oxidation sites excluding steroid dienone is 2. The number of hydrogen-bond donors (Lipinski definition) is 2. The summed E-state index contributed by atoms with van der Waals surface area (Å²) >= 11 is 1.50. The van der Waals surface area contributed by atoms with Crippen molar-refractivity contribution < 1.29 is 14.7 Å². The minimum Gasteiger partial charge on any atom is -0.477 e. The van der Waals surface area contributed by atoms with Crippen LogP contribution in [0.1, 0.15) is 6.92 Å². The monoisotopic (exact) mass is 240 g/mol. The topological polar surface area (TPSA) is 83.6 Å². The lowest BCUT2D eigenvalue weighted by Gasteiger charge is -2.47. The van der Waals surface area contributed by atoms with E-state index in [1.165, 1.54) is 16.7 Å². The zero-order valence-electron chi connectivity index (χ0n) is 8.71. The summed E-state index contributed by atoms with van der Waals surface area (Å²) in [5.41, 5.74) is 6.35. The molecule has 0 aromatic rings. The van der Waals surface area contributed by atoms with Gasteiger partial charge in [0.15, 0.2) is 0 Å². The standard InChI is InChI=1S/C10H12N2O3S/c1-2-3-5-4-16-9-6(11)8(13)12(9)7(5)10(14)15/h2-3,6,9H,4,11H2,1H3,(H,14,15)/t6?,9-/m0/s1. The molecule has 2 heterocycles. The third-order valence-corrected chi connectivity index (χ3v) is 3.93. The molecule has 1 unspecified atom stereocenters. The summed E-state index contributed by atoms with van der Waals surface area (Å²) in [7, 11) is 0. The summed E-state index contributed by atoms with van der Waals surface area (Å²) in [5.74, 6) is -0.802. The smallest absolute Gasteiger partial charge is 0.352 e. The van der Waals surface area contributed by atoms with Crippen LogP contribution in [0.15, 0.2) is 23.4 Å². The van der Waals surface area contributed by atoms with Gasteiger partial charge in [0.1, 0.15) is 17.1 Å². The molecule has 3 N–H and O–H groups in total. The zero-order chi connectivity index (χ0) is 11.9. The van der Waals surface area contributed by atoms with Gasteiger partial charge in [-0.25, -0.2) is 4.79 Å². The molecule has 2 aliphatic heterocycles. The van der Waals surface area contributed by atoms with Crippen LogP contribution in [0.2, 0.25) is 0 Å². The highest BCUT2D eigenvalue weighted by atomic mass is 32.2. The first-order valence-corrected chi connectivity index (χ1v) is 5.92. The van der Waals surface area contributed by atoms with Crippen LogP contribution in [0.25, 0.3) is 0 Å². The molecular weight excluding hydrogens is 228 g/mol. The molecule has 6 heteroatoms. The van der Waals surface area contributed by atoms with Crippen molar-refractivity contribution in [3.8, 4) is 0 Å². The maximum Gasteiger partial charge on any atom is 0.352 e. The highest BCUT2D eigenvalue weighted by molar-refractivity contribution is 8.00. The summed E-state index contributed by atoms with van der Waals surface area (Å²) in [6.45, 7) is 1.81. The van der Waals surface area contributed by atoms with E-state index in [1.54, 1.807) is 12.2 Å². The average Bonchev–Trinajstić information content (AvgIpc) is 2.27. The molecule has 2 atom stereocenters. The van der Waals surface area contributed by atoms with Gasteiger partial charge in [-0.15, -0.1) is 11.8 Å². The summed E-state index contributed by atoms with van der Waals surface area (Å²) in [4.78, 5) is 24.0. The number of rotatable bonds is 2. The Kier molecular flexibility index (Phi) is 2.77. The summed E-state index contributed by atoms with van der Waals surface area (Å²) in [6, 6.07) is -0.563. The number of carboxylic acid groups (broad SMARTS) is 1. The molecule has 0 saturated carbocycles. The number of carbonyl (C=O) groups excluding carboxylic acids is 1. The Hall–Kier alpha value is -1.27. The Bertz CT molecular complexity index is 416. The fourth-order valence-corrected chi connectivity index (χ4v) is 3.13. The molecule has 16 heavy (non-hydrogen) atoms. The van der Waals surface area contributed by atoms with Crippen molar-refractivity contribution >= 4 is 23.6 Å². The van der Waals surface area contributed by atoms with Crippen molar-refractivity contribution in [1.82, 2.24) is 4.90 Å². The van der Waals surface area contributed by atoms with E-state index in [-0.39, 0.29) is 17.0 Å². The summed E-state index contributed by atoms with van der Waals surface area (Å²) in [5, 5.41) is 8.91. The highest BCUT2D eigenvalue weighted by Gasteiger charge is 2.51. The van der Waals surface area contributed by atoms with Crippen LogP contribution in [0.4, 0.5) is 0 Å². The lowest BCUT2D eigenvalue weighted by Crippen LogP contribution is -2.68. The quantitative estimate of drug-likeness (QED) is 0.671. The molecule has 0 aromatic carbocycles. The van der Waals surface area contributed by atoms with Crippen LogP contribution in [-0.4, -0.2) is 39.1 Å². The van der Waals surface area contributed by atoms with Crippen molar-refractivity contribution in [1.29, 1.82) is 0 Å². The van der Waals surface area contributed by atoms with Gasteiger partial charge in [-0.1, -0.05) is 12.2 Å². The second-order valence-corrected chi connectivity index (χ2v) is 4.72. The maximum absolute atomic E-state index is 11.5. The number of thioether (sulfide) groups is 1. The van der Waals surface area contributed by atoms with Gasteiger partial charge < -0.3 is 10.8 Å². The molecule has 1 fully saturated rings. The second-order valence-electron chi connectivity index (χ2n) is 3.61. The van der Waals surface area contributed by atoms with E-state index in [0.717, 1.165) is 0 Å². The van der Waals surface area contributed by atoms with Gasteiger partial charge in [-0.3, -0.25) is 9.69 Å². The number of nitrogens with two attached hydrogens (primary N) is 1. The number of aliphatic carboxylic acids is 1. The van der Waals surface area contributed by atoms with E-state index >= 15 is 0 Å². The van der Waals surface area contributed by atoms with Crippen LogP contribution in [0.5, 0.6) is 0 Å². The Morgan fingerprint density at radius 1 is 1.69 bits per heavy atom. The minimum absolute atomic E-state index is 0.0774. The first-order valence-electron chi connectivity index (χ1n) is 4.87. The van der Waals surface area contributed by atoms with Crippen molar-refractivity contribution in [2.24, 2.45) is 5.73 Å². The van der Waals surface area contributed by atoms with Crippen LogP contribution in [0, 0.1) is 0 Å². The first-order chi connectivity index (χ1) is 7.57. The van der Waals surface area contributed by atoms with Crippen molar-refractivity contribution in [3.05, 3.63) is 23.4 Å². The number of fused-ring (bicyclic) bond motifs is 1. The van der Waals surface area contributed by atoms with E-state index in [0.29, 0.717) is 11.3 Å². The van der Waals surface area contributed by atoms with Gasteiger partial charge in [0, 0.05) is 5.75 Å². The zero-order valence-corrected chi connectivity index (χ0v) is 9.53. The minimum atomic E-state index is -1.07. The van der Waals surface area contributed by atoms with Gasteiger partial charge in [0.25, 0.3) is 0 Å². The summed E-state index contributed by atoms with van der Waals surface area (Å²) < 4.78 is 0. The van der Waals surface area contributed by atoms with Gasteiger partial charge >= 0.3 is 5.97 Å². The van der Waals surface area contributed by atoms with Crippen LogP contribution < -0.4 is 5.73 Å². The van der Waals surface area contributed by atoms with E-state index in [4.69, 9.17) is 10.8 Å². The lowest BCUT2D eigenvalue weighted by atomic mass is 10.0. The Morgan fingerprint density at radius 3 is 2.94 bits per heavy atom. The third-order valence-electron chi connectivity index (χ3n) is 2.61. The molecule has 0 aromatic heterocycles. The molecule has 0 aliphatic carbocycles. The number of β-lactam (4-membered cyclic amide) rings is 1. The normalized spacial score (nSPS) is 29.4. The molecule has 0 spiro atoms. The number of nitrogens with zero attached hydrogens (tertiary/aromatic N) is 1. The number of amides is 1. The van der Waals surface area contributed by atoms with E-state index in [1.807, 2.05) is 6.92 Å². The van der Waals surface area contributed by atoms with Gasteiger partial charge in [-0.05, 0) is 12.5 Å². The second kappa shape index (κ2) is 3.95. The molecule has 0 bridgehead atoms. The van der Waals surface area contributed by atoms with E-state index in [9.17, 15) is 9.59 Å². The van der Waals surface area contributed by atoms with E-state index in [2.05, 4.69) is 0 Å². The molecule has 1 amide bonds. The number of carboxylic acids is 1. The predicted octanol–water partition coefficient (Wildman–Crippen LogP) is 0.144. The number of hydrogen-bond acceptors (Lipinski definition) is 4. The van der Waals surface area contributed by atoms with Gasteiger partial charge in [0.2, 0.25) is 5.91 Å². The third kappa shape index (κ3) is 1.45. The molecule has 2 aliphatic rings. The molecule has 0 radical (unpaired) electrons. The first kappa shape index (κ1) is 11.2. The predicted molar refractivity (Wildman–Crippen MR) is 60.5 cm³/mol. The fourth-order valence-electron chi connectivity index (χ4n) is 1.87. The van der Waals surface area contributed by atoms with E-state index < -0.39 is 12.0 Å². The molecule has 5 nitrogen and oxygen atoms in total.